The minimum atomic E-state index is -4.18. The first-order chi connectivity index (χ1) is 18.0. The van der Waals surface area contributed by atoms with Gasteiger partial charge in [-0.2, -0.15) is 13.7 Å². The summed E-state index contributed by atoms with van der Waals surface area (Å²) in [6.45, 7) is 2.72. The molecule has 0 aromatic heterocycles. The van der Waals surface area contributed by atoms with E-state index in [4.69, 9.17) is 4.18 Å². The number of rotatable bonds is 8. The maximum atomic E-state index is 12.7. The van der Waals surface area contributed by atoms with Crippen LogP contribution >= 0.6 is 15.9 Å². The average molecular weight is 597 g/mol. The Morgan fingerprint density at radius 3 is 1.82 bits per heavy atom. The van der Waals surface area contributed by atoms with Gasteiger partial charge < -0.3 is 20.1 Å². The molecular weight excluding hydrogens is 576 g/mol. The molecule has 0 spiro atoms. The van der Waals surface area contributed by atoms with Gasteiger partial charge in [0, 0.05) is 30.9 Å². The second-order valence-corrected chi connectivity index (χ2v) is 10.2. The largest absolute Gasteiger partial charge is 0.378 e. The van der Waals surface area contributed by atoms with Crippen LogP contribution in [-0.2, 0) is 24.5 Å². The summed E-state index contributed by atoms with van der Waals surface area (Å²) in [7, 11) is -4.18. The van der Waals surface area contributed by atoms with E-state index in [0.717, 1.165) is 0 Å². The molecule has 0 saturated carbocycles. The molecule has 0 saturated heterocycles. The Labute approximate surface area is 227 Å². The van der Waals surface area contributed by atoms with Crippen LogP contribution in [0, 0.1) is 11.3 Å². The maximum Gasteiger partial charge on any atom is 0.339 e. The zero-order valence-corrected chi connectivity index (χ0v) is 22.5. The van der Waals surface area contributed by atoms with Crippen molar-refractivity contribution in [1.82, 2.24) is 0 Å². The molecule has 38 heavy (non-hydrogen) atoms. The van der Waals surface area contributed by atoms with Crippen molar-refractivity contribution in [2.45, 2.75) is 18.7 Å². The average Bonchev–Trinajstić information content (AvgIpc) is 2.85. The normalized spacial score (nSPS) is 11.2. The van der Waals surface area contributed by atoms with Crippen LogP contribution in [0.25, 0.3) is 6.08 Å². The molecule has 0 aliphatic rings. The molecule has 3 aromatic rings. The molecule has 194 valence electrons. The van der Waals surface area contributed by atoms with Crippen LogP contribution in [0.2, 0.25) is 0 Å². The van der Waals surface area contributed by atoms with Crippen LogP contribution in [0.1, 0.15) is 19.4 Å². The molecule has 3 rings (SSSR count). The second-order valence-electron chi connectivity index (χ2n) is 7.82. The second kappa shape index (κ2) is 12.2. The third-order valence-electron chi connectivity index (χ3n) is 4.76. The quantitative estimate of drug-likeness (QED) is 0.194. The SMILES string of the molecule is CC(=O)Nc1ccc(NC(=O)/C(C#N)=C/c2ccc(OS(=O)(=O)c3ccc(NC(C)=O)cc3)c(Br)c2)cc1. The van der Waals surface area contributed by atoms with Crippen molar-refractivity contribution in [1.29, 1.82) is 5.26 Å². The number of nitrogens with one attached hydrogen (secondary N) is 3. The smallest absolute Gasteiger partial charge is 0.339 e. The van der Waals surface area contributed by atoms with Crippen molar-refractivity contribution in [2.24, 2.45) is 0 Å². The summed E-state index contributed by atoms with van der Waals surface area (Å²) in [6.07, 6.45) is 1.34. The number of benzene rings is 3. The Morgan fingerprint density at radius 2 is 1.34 bits per heavy atom. The first kappa shape index (κ1) is 28.1. The van der Waals surface area contributed by atoms with Gasteiger partial charge in [0.15, 0.2) is 5.75 Å². The van der Waals surface area contributed by atoms with Gasteiger partial charge in [0.1, 0.15) is 16.5 Å². The lowest BCUT2D eigenvalue weighted by Crippen LogP contribution is -2.13. The van der Waals surface area contributed by atoms with Crippen molar-refractivity contribution in [2.75, 3.05) is 16.0 Å². The summed E-state index contributed by atoms with van der Waals surface area (Å²) in [6, 6.07) is 18.1. The highest BCUT2D eigenvalue weighted by Crippen LogP contribution is 2.30. The van der Waals surface area contributed by atoms with Crippen LogP contribution < -0.4 is 20.1 Å². The standard InChI is InChI=1S/C26H21BrN4O6S/c1-16(32)29-20-4-6-22(7-5-20)31-26(34)19(15-28)13-18-3-12-25(24(27)14-18)37-38(35,36)23-10-8-21(9-11-23)30-17(2)33/h3-14H,1-2H3,(H,29,32)(H,30,33)(H,31,34)/b19-13+. The number of hydrogen-bond acceptors (Lipinski definition) is 7. The molecule has 0 unspecified atom stereocenters. The molecule has 3 amide bonds. The zero-order chi connectivity index (χ0) is 27.9. The fraction of sp³-hybridized carbons (Fsp3) is 0.0769. The van der Waals surface area contributed by atoms with Crippen LogP contribution in [0.5, 0.6) is 5.75 Å². The molecular formula is C26H21BrN4O6S. The van der Waals surface area contributed by atoms with Crippen molar-refractivity contribution in [3.63, 3.8) is 0 Å². The first-order valence-corrected chi connectivity index (χ1v) is 13.1. The Kier molecular flexibility index (Phi) is 9.01. The number of anilines is 3. The fourth-order valence-electron chi connectivity index (χ4n) is 3.10. The summed E-state index contributed by atoms with van der Waals surface area (Å²) in [5, 5.41) is 17.2. The molecule has 0 radical (unpaired) electrons. The highest BCUT2D eigenvalue weighted by Gasteiger charge is 2.19. The summed E-state index contributed by atoms with van der Waals surface area (Å²) in [5.41, 5.74) is 1.67. The van der Waals surface area contributed by atoms with Crippen LogP contribution in [0.15, 0.2) is 81.7 Å². The van der Waals surface area contributed by atoms with Crippen molar-refractivity contribution in [3.05, 3.63) is 82.3 Å². The number of amides is 3. The highest BCUT2D eigenvalue weighted by molar-refractivity contribution is 9.10. The number of carbonyl (C=O) groups excluding carboxylic acids is 3. The van der Waals surface area contributed by atoms with Gasteiger partial charge in [-0.1, -0.05) is 6.07 Å². The highest BCUT2D eigenvalue weighted by atomic mass is 79.9. The molecule has 0 aliphatic heterocycles. The van der Waals surface area contributed by atoms with Gasteiger partial charge in [0.2, 0.25) is 11.8 Å². The van der Waals surface area contributed by atoms with E-state index in [1.54, 1.807) is 24.3 Å². The van der Waals surface area contributed by atoms with E-state index < -0.39 is 16.0 Å². The number of hydrogen-bond donors (Lipinski definition) is 3. The number of carbonyl (C=O) groups is 3. The van der Waals surface area contributed by atoms with Crippen LogP contribution in [0.3, 0.4) is 0 Å². The first-order valence-electron chi connectivity index (χ1n) is 10.9. The van der Waals surface area contributed by atoms with Gasteiger partial charge in [-0.15, -0.1) is 0 Å². The predicted molar refractivity (Wildman–Crippen MR) is 146 cm³/mol. The van der Waals surface area contributed by atoms with Crippen molar-refractivity contribution >= 4 is 66.9 Å². The summed E-state index contributed by atoms with van der Waals surface area (Å²) < 4.78 is 30.9. The molecule has 0 fully saturated rings. The Balaban J connectivity index is 1.73. The molecule has 0 heterocycles. The minimum absolute atomic E-state index is 0.00435. The van der Waals surface area contributed by atoms with Gasteiger partial charge in [0.25, 0.3) is 5.91 Å². The summed E-state index contributed by atoms with van der Waals surface area (Å²) >= 11 is 3.26. The van der Waals surface area contributed by atoms with E-state index in [-0.39, 0.29) is 32.5 Å². The summed E-state index contributed by atoms with van der Waals surface area (Å²) in [4.78, 5) is 34.7. The van der Waals surface area contributed by atoms with Gasteiger partial charge in [-0.25, -0.2) is 0 Å². The van der Waals surface area contributed by atoms with E-state index >= 15 is 0 Å². The van der Waals surface area contributed by atoms with Gasteiger partial charge in [-0.05, 0) is 88.2 Å². The summed E-state index contributed by atoms with van der Waals surface area (Å²) in [5.74, 6) is -1.17. The third-order valence-corrected chi connectivity index (χ3v) is 6.63. The molecule has 10 nitrogen and oxygen atoms in total. The van der Waals surface area contributed by atoms with E-state index in [0.29, 0.717) is 22.6 Å². The van der Waals surface area contributed by atoms with Crippen LogP contribution in [-0.4, -0.2) is 26.1 Å². The van der Waals surface area contributed by atoms with Gasteiger partial charge >= 0.3 is 10.1 Å². The van der Waals surface area contributed by atoms with Crippen molar-refractivity contribution < 1.29 is 27.0 Å². The number of halogens is 1. The Bertz CT molecular complexity index is 1560. The number of nitriles is 1. The lowest BCUT2D eigenvalue weighted by atomic mass is 10.1. The molecule has 3 aromatic carbocycles. The zero-order valence-electron chi connectivity index (χ0n) is 20.1. The molecule has 0 bridgehead atoms. The molecule has 3 N–H and O–H groups in total. The molecule has 0 aliphatic carbocycles. The third kappa shape index (κ3) is 7.76. The molecule has 0 atom stereocenters. The fourth-order valence-corrected chi connectivity index (χ4v) is 4.63. The maximum absolute atomic E-state index is 12.7. The van der Waals surface area contributed by atoms with Gasteiger partial charge in [0.05, 0.1) is 4.47 Å². The predicted octanol–water partition coefficient (Wildman–Crippen LogP) is 4.68. The lowest BCUT2D eigenvalue weighted by Gasteiger charge is -2.10. The van der Waals surface area contributed by atoms with E-state index in [2.05, 4.69) is 31.9 Å². The molecule has 12 heteroatoms. The minimum Gasteiger partial charge on any atom is -0.378 e. The van der Waals surface area contributed by atoms with E-state index in [1.165, 1.54) is 62.4 Å². The Morgan fingerprint density at radius 1 is 0.842 bits per heavy atom. The topological polar surface area (TPSA) is 154 Å². The van der Waals surface area contributed by atoms with Crippen molar-refractivity contribution in [3.8, 4) is 11.8 Å². The van der Waals surface area contributed by atoms with Gasteiger partial charge in [-0.3, -0.25) is 14.4 Å². The van der Waals surface area contributed by atoms with E-state index in [9.17, 15) is 28.1 Å². The van der Waals surface area contributed by atoms with E-state index in [1.807, 2.05) is 6.07 Å². The Hall–Kier alpha value is -4.47. The van der Waals surface area contributed by atoms with Crippen LogP contribution in [0.4, 0.5) is 17.1 Å². The monoisotopic (exact) mass is 596 g/mol. The number of nitrogens with zero attached hydrogens (tertiary/aromatic N) is 1. The lowest BCUT2D eigenvalue weighted by molar-refractivity contribution is -0.115.